The highest BCUT2D eigenvalue weighted by Crippen LogP contribution is 2.27. The van der Waals surface area contributed by atoms with Crippen LogP contribution < -0.4 is 15.4 Å². The second kappa shape index (κ2) is 8.54. The Kier molecular flexibility index (Phi) is 6.67. The second-order valence-corrected chi connectivity index (χ2v) is 7.10. The highest BCUT2D eigenvalue weighted by Gasteiger charge is 2.13. The molecule has 130 valence electrons. The summed E-state index contributed by atoms with van der Waals surface area (Å²) >= 11 is 10.4. The third kappa shape index (κ3) is 5.09. The Hall–Kier alpha value is -1.79. The van der Waals surface area contributed by atoms with Gasteiger partial charge in [-0.05, 0) is 75.0 Å². The molecule has 25 heavy (non-hydrogen) atoms. The highest BCUT2D eigenvalue weighted by atomic mass is 127. The Balaban J connectivity index is 2.06. The van der Waals surface area contributed by atoms with Crippen LogP contribution in [0.5, 0.6) is 5.75 Å². The molecule has 0 spiro atoms. The van der Waals surface area contributed by atoms with E-state index in [0.29, 0.717) is 21.5 Å². The maximum Gasteiger partial charge on any atom is 0.270 e. The van der Waals surface area contributed by atoms with E-state index in [1.807, 2.05) is 0 Å². The van der Waals surface area contributed by atoms with Gasteiger partial charge < -0.3 is 10.1 Å². The largest absolute Gasteiger partial charge is 0.496 e. The van der Waals surface area contributed by atoms with Crippen molar-refractivity contribution in [1.82, 2.24) is 5.32 Å². The summed E-state index contributed by atoms with van der Waals surface area (Å²) in [5.41, 5.74) is 0.873. The van der Waals surface area contributed by atoms with Crippen LogP contribution in [0.15, 0.2) is 40.9 Å². The summed E-state index contributed by atoms with van der Waals surface area (Å²) in [6.45, 7) is 0. The van der Waals surface area contributed by atoms with Crippen LogP contribution in [0.25, 0.3) is 0 Å². The average Bonchev–Trinajstić information content (AvgIpc) is 2.56. The number of carbonyl (C=O) groups is 1. The van der Waals surface area contributed by atoms with Crippen molar-refractivity contribution in [3.05, 3.63) is 60.1 Å². The van der Waals surface area contributed by atoms with E-state index in [-0.39, 0.29) is 16.7 Å². The number of nitro groups is 1. The van der Waals surface area contributed by atoms with Crippen LogP contribution in [0.4, 0.5) is 11.4 Å². The van der Waals surface area contributed by atoms with Gasteiger partial charge in [0.15, 0.2) is 5.11 Å². The summed E-state index contributed by atoms with van der Waals surface area (Å²) in [5, 5.41) is 16.2. The smallest absolute Gasteiger partial charge is 0.270 e. The van der Waals surface area contributed by atoms with Gasteiger partial charge in [0.1, 0.15) is 5.75 Å². The molecule has 0 heterocycles. The van der Waals surface area contributed by atoms with Crippen molar-refractivity contribution >= 4 is 73.1 Å². The number of hydrogen-bond donors (Lipinski definition) is 2. The van der Waals surface area contributed by atoms with Crippen molar-refractivity contribution in [3.63, 3.8) is 0 Å². The summed E-state index contributed by atoms with van der Waals surface area (Å²) in [6.07, 6.45) is 0. The van der Waals surface area contributed by atoms with Crippen molar-refractivity contribution in [2.45, 2.75) is 0 Å². The van der Waals surface area contributed by atoms with Gasteiger partial charge in [-0.25, -0.2) is 0 Å². The minimum atomic E-state index is -0.500. The molecule has 0 fully saturated rings. The molecule has 0 aliphatic heterocycles. The molecule has 0 saturated carbocycles. The summed E-state index contributed by atoms with van der Waals surface area (Å²) in [6, 6.07) is 9.18. The fourth-order valence-electron chi connectivity index (χ4n) is 1.86. The molecule has 2 aromatic rings. The third-order valence-electron chi connectivity index (χ3n) is 3.05. The maximum absolute atomic E-state index is 12.2. The number of nitrogens with zero attached hydrogens (tertiary/aromatic N) is 1. The molecule has 0 saturated heterocycles. The zero-order chi connectivity index (χ0) is 18.6. The van der Waals surface area contributed by atoms with Gasteiger partial charge in [0.05, 0.1) is 21.3 Å². The molecule has 0 aliphatic carbocycles. The third-order valence-corrected chi connectivity index (χ3v) is 4.76. The van der Waals surface area contributed by atoms with E-state index in [1.54, 1.807) is 25.3 Å². The molecule has 0 unspecified atom stereocenters. The lowest BCUT2D eigenvalue weighted by atomic mass is 10.2. The molecular weight excluding hydrogens is 525 g/mol. The number of hydrogen-bond acceptors (Lipinski definition) is 5. The number of benzene rings is 2. The molecule has 0 radical (unpaired) electrons. The van der Waals surface area contributed by atoms with E-state index in [0.717, 1.165) is 3.57 Å². The van der Waals surface area contributed by atoms with Crippen LogP contribution in [-0.2, 0) is 0 Å². The Morgan fingerprint density at radius 3 is 2.60 bits per heavy atom. The Morgan fingerprint density at radius 1 is 1.32 bits per heavy atom. The number of carbonyl (C=O) groups excluding carboxylic acids is 1. The number of methoxy groups -OCH3 is 1. The van der Waals surface area contributed by atoms with Gasteiger partial charge in [0.25, 0.3) is 11.6 Å². The molecular formula is C15H11BrIN3O4S. The molecule has 7 nitrogen and oxygen atoms in total. The van der Waals surface area contributed by atoms with E-state index in [1.165, 1.54) is 18.2 Å². The van der Waals surface area contributed by atoms with Crippen molar-refractivity contribution in [3.8, 4) is 5.75 Å². The standard InChI is InChI=1S/C15H11BrIN3O4S/c1-24-13-5-2-8(6-11(13)17)14(21)19-15(25)18-12-4-3-9(20(22)23)7-10(12)16/h2-7H,1H3,(H2,18,19,21,25). The number of ether oxygens (including phenoxy) is 1. The van der Waals surface area contributed by atoms with Gasteiger partial charge in [0.2, 0.25) is 0 Å². The minimum absolute atomic E-state index is 0.0554. The summed E-state index contributed by atoms with van der Waals surface area (Å²) in [7, 11) is 1.55. The van der Waals surface area contributed by atoms with Crippen LogP contribution in [-0.4, -0.2) is 23.1 Å². The number of halogens is 2. The summed E-state index contributed by atoms with van der Waals surface area (Å²) < 4.78 is 6.40. The van der Waals surface area contributed by atoms with Gasteiger partial charge in [-0.2, -0.15) is 0 Å². The van der Waals surface area contributed by atoms with Crippen LogP contribution >= 0.6 is 50.7 Å². The van der Waals surface area contributed by atoms with Crippen molar-refractivity contribution < 1.29 is 14.5 Å². The molecule has 2 aromatic carbocycles. The lowest BCUT2D eigenvalue weighted by molar-refractivity contribution is -0.384. The highest BCUT2D eigenvalue weighted by molar-refractivity contribution is 14.1. The number of anilines is 1. The fourth-order valence-corrected chi connectivity index (χ4v) is 3.26. The molecule has 0 aromatic heterocycles. The van der Waals surface area contributed by atoms with Crippen LogP contribution in [0.3, 0.4) is 0 Å². The molecule has 2 N–H and O–H groups in total. The number of non-ortho nitro benzene ring substituents is 1. The number of nitrogens with one attached hydrogen (secondary N) is 2. The molecule has 0 aliphatic rings. The quantitative estimate of drug-likeness (QED) is 0.265. The first-order valence-electron chi connectivity index (χ1n) is 6.71. The van der Waals surface area contributed by atoms with Crippen LogP contribution in [0.2, 0.25) is 0 Å². The lowest BCUT2D eigenvalue weighted by Gasteiger charge is -2.11. The van der Waals surface area contributed by atoms with E-state index in [9.17, 15) is 14.9 Å². The van der Waals surface area contributed by atoms with Crippen LogP contribution in [0.1, 0.15) is 10.4 Å². The SMILES string of the molecule is COc1ccc(C(=O)NC(=S)Nc2ccc([N+](=O)[O-])cc2Br)cc1I. The lowest BCUT2D eigenvalue weighted by Crippen LogP contribution is -2.34. The number of nitro benzene ring substituents is 1. The van der Waals surface area contributed by atoms with E-state index < -0.39 is 4.92 Å². The fraction of sp³-hybridized carbons (Fsp3) is 0.0667. The Labute approximate surface area is 170 Å². The number of amides is 1. The Bertz CT molecular complexity index is 863. The van der Waals surface area contributed by atoms with Crippen molar-refractivity contribution in [1.29, 1.82) is 0 Å². The first-order valence-corrected chi connectivity index (χ1v) is 8.99. The van der Waals surface area contributed by atoms with Crippen molar-refractivity contribution in [2.75, 3.05) is 12.4 Å². The van der Waals surface area contributed by atoms with Crippen molar-refractivity contribution in [2.24, 2.45) is 0 Å². The van der Waals surface area contributed by atoms with Crippen LogP contribution in [0, 0.1) is 13.7 Å². The van der Waals surface area contributed by atoms with Gasteiger partial charge in [-0.3, -0.25) is 20.2 Å². The first-order chi connectivity index (χ1) is 11.8. The topological polar surface area (TPSA) is 93.5 Å². The summed E-state index contributed by atoms with van der Waals surface area (Å²) in [5.74, 6) is 0.295. The summed E-state index contributed by atoms with van der Waals surface area (Å²) in [4.78, 5) is 22.5. The second-order valence-electron chi connectivity index (χ2n) is 4.68. The van der Waals surface area contributed by atoms with Gasteiger partial charge in [-0.15, -0.1) is 0 Å². The minimum Gasteiger partial charge on any atom is -0.496 e. The molecule has 0 bridgehead atoms. The zero-order valence-corrected chi connectivity index (χ0v) is 17.3. The number of rotatable bonds is 4. The van der Waals surface area contributed by atoms with E-state index >= 15 is 0 Å². The predicted molar refractivity (Wildman–Crippen MR) is 110 cm³/mol. The Morgan fingerprint density at radius 2 is 2.04 bits per heavy atom. The maximum atomic E-state index is 12.2. The molecule has 2 rings (SSSR count). The molecule has 1 amide bonds. The normalized spacial score (nSPS) is 10.0. The van der Waals surface area contributed by atoms with Gasteiger partial charge in [-0.1, -0.05) is 0 Å². The van der Waals surface area contributed by atoms with Gasteiger partial charge in [0, 0.05) is 22.2 Å². The molecule has 0 atom stereocenters. The van der Waals surface area contributed by atoms with E-state index in [4.69, 9.17) is 17.0 Å². The first kappa shape index (κ1) is 19.5. The zero-order valence-electron chi connectivity index (χ0n) is 12.7. The predicted octanol–water partition coefficient (Wildman–Crippen LogP) is 4.10. The molecule has 10 heteroatoms. The van der Waals surface area contributed by atoms with Gasteiger partial charge >= 0.3 is 0 Å². The number of thiocarbonyl (C=S) groups is 1. The average molecular weight is 536 g/mol. The van der Waals surface area contributed by atoms with E-state index in [2.05, 4.69) is 49.2 Å². The monoisotopic (exact) mass is 535 g/mol.